The van der Waals surface area contributed by atoms with Gasteiger partial charge in [-0.25, -0.2) is 0 Å². The first-order valence-corrected chi connectivity index (χ1v) is 6.26. The van der Waals surface area contributed by atoms with E-state index in [-0.39, 0.29) is 6.04 Å². The molecule has 0 spiro atoms. The van der Waals surface area contributed by atoms with E-state index in [4.69, 9.17) is 10.5 Å². The molecule has 1 aliphatic rings. The quantitative estimate of drug-likeness (QED) is 0.685. The lowest BCUT2D eigenvalue weighted by Crippen LogP contribution is -2.25. The van der Waals surface area contributed by atoms with E-state index in [9.17, 15) is 0 Å². The smallest absolute Gasteiger partial charge is 0.0575 e. The van der Waals surface area contributed by atoms with Gasteiger partial charge in [-0.3, -0.25) is 0 Å². The molecule has 0 amide bonds. The van der Waals surface area contributed by atoms with Crippen molar-refractivity contribution in [2.24, 2.45) is 5.73 Å². The van der Waals surface area contributed by atoms with Crippen LogP contribution in [0.1, 0.15) is 51.9 Å². The Kier molecular flexibility index (Phi) is 5.96. The standard InChI is InChI=1S/C13H25NO/c1-3-11(2)10-12(14)7-8-13-6-4-5-9-15-13/h12-13H,2-10,14H2,1H3. The van der Waals surface area contributed by atoms with Crippen molar-refractivity contribution in [3.63, 3.8) is 0 Å². The molecule has 2 atom stereocenters. The fraction of sp³-hybridized carbons (Fsp3) is 0.846. The highest BCUT2D eigenvalue weighted by molar-refractivity contribution is 4.95. The van der Waals surface area contributed by atoms with E-state index in [1.807, 2.05) is 0 Å². The number of nitrogens with two attached hydrogens (primary N) is 1. The second kappa shape index (κ2) is 7.02. The predicted molar refractivity (Wildman–Crippen MR) is 64.8 cm³/mol. The minimum atomic E-state index is 0.281. The third-order valence-electron chi connectivity index (χ3n) is 3.18. The lowest BCUT2D eigenvalue weighted by Gasteiger charge is -2.23. The zero-order valence-electron chi connectivity index (χ0n) is 10.0. The molecule has 0 saturated carbocycles. The van der Waals surface area contributed by atoms with Gasteiger partial charge in [0.2, 0.25) is 0 Å². The second-order valence-electron chi connectivity index (χ2n) is 4.63. The summed E-state index contributed by atoms with van der Waals surface area (Å²) in [6.07, 6.45) is 8.47. The van der Waals surface area contributed by atoms with Gasteiger partial charge >= 0.3 is 0 Å². The molecule has 0 aromatic carbocycles. The van der Waals surface area contributed by atoms with Gasteiger partial charge in [-0.05, 0) is 44.9 Å². The summed E-state index contributed by atoms with van der Waals surface area (Å²) in [5.41, 5.74) is 7.32. The summed E-state index contributed by atoms with van der Waals surface area (Å²) in [6.45, 7) is 7.08. The maximum Gasteiger partial charge on any atom is 0.0575 e. The molecule has 0 bridgehead atoms. The third-order valence-corrected chi connectivity index (χ3v) is 3.18. The van der Waals surface area contributed by atoms with Crippen LogP contribution in [0.2, 0.25) is 0 Å². The minimum Gasteiger partial charge on any atom is -0.378 e. The Morgan fingerprint density at radius 3 is 2.93 bits per heavy atom. The van der Waals surface area contributed by atoms with Crippen molar-refractivity contribution in [3.8, 4) is 0 Å². The van der Waals surface area contributed by atoms with Crippen LogP contribution in [0.3, 0.4) is 0 Å². The Morgan fingerprint density at radius 2 is 2.33 bits per heavy atom. The predicted octanol–water partition coefficient (Wildman–Crippen LogP) is 3.02. The maximum absolute atomic E-state index is 6.05. The largest absolute Gasteiger partial charge is 0.378 e. The fourth-order valence-electron chi connectivity index (χ4n) is 2.05. The molecular weight excluding hydrogens is 186 g/mol. The van der Waals surface area contributed by atoms with Crippen LogP contribution in [-0.4, -0.2) is 18.8 Å². The van der Waals surface area contributed by atoms with Crippen molar-refractivity contribution in [3.05, 3.63) is 12.2 Å². The zero-order valence-corrected chi connectivity index (χ0v) is 10.0. The van der Waals surface area contributed by atoms with Crippen LogP contribution in [0.25, 0.3) is 0 Å². The van der Waals surface area contributed by atoms with Crippen molar-refractivity contribution < 1.29 is 4.74 Å². The Labute approximate surface area is 93.9 Å². The first-order valence-electron chi connectivity index (χ1n) is 6.26. The number of rotatable bonds is 6. The molecule has 15 heavy (non-hydrogen) atoms. The molecule has 1 saturated heterocycles. The summed E-state index contributed by atoms with van der Waals surface area (Å²) < 4.78 is 5.68. The molecule has 2 heteroatoms. The maximum atomic E-state index is 6.05. The molecule has 1 heterocycles. The molecule has 0 aliphatic carbocycles. The summed E-state index contributed by atoms with van der Waals surface area (Å²) in [5, 5.41) is 0. The van der Waals surface area contributed by atoms with Gasteiger partial charge in [-0.1, -0.05) is 19.1 Å². The van der Waals surface area contributed by atoms with Crippen LogP contribution < -0.4 is 5.73 Å². The number of hydrogen-bond donors (Lipinski definition) is 1. The third kappa shape index (κ3) is 5.33. The van der Waals surface area contributed by atoms with Gasteiger partial charge in [0.25, 0.3) is 0 Å². The topological polar surface area (TPSA) is 35.2 Å². The van der Waals surface area contributed by atoms with Crippen molar-refractivity contribution >= 4 is 0 Å². The van der Waals surface area contributed by atoms with Crippen molar-refractivity contribution in [1.82, 2.24) is 0 Å². The highest BCUT2D eigenvalue weighted by Gasteiger charge is 2.15. The summed E-state index contributed by atoms with van der Waals surface area (Å²) in [4.78, 5) is 0. The Balaban J connectivity index is 2.09. The molecule has 2 nitrogen and oxygen atoms in total. The fourth-order valence-corrected chi connectivity index (χ4v) is 2.05. The van der Waals surface area contributed by atoms with E-state index in [1.54, 1.807) is 0 Å². The SMILES string of the molecule is C=C(CC)CC(N)CCC1CCCCO1. The van der Waals surface area contributed by atoms with Crippen molar-refractivity contribution in [2.75, 3.05) is 6.61 Å². The Morgan fingerprint density at radius 1 is 1.53 bits per heavy atom. The summed E-state index contributed by atoms with van der Waals surface area (Å²) in [7, 11) is 0. The molecule has 0 aromatic rings. The van der Waals surface area contributed by atoms with Crippen molar-refractivity contribution in [1.29, 1.82) is 0 Å². The average molecular weight is 211 g/mol. The molecule has 88 valence electrons. The lowest BCUT2D eigenvalue weighted by molar-refractivity contribution is 0.00915. The van der Waals surface area contributed by atoms with E-state index < -0.39 is 0 Å². The van der Waals surface area contributed by atoms with Gasteiger partial charge in [0.15, 0.2) is 0 Å². The van der Waals surface area contributed by atoms with Gasteiger partial charge in [0.1, 0.15) is 0 Å². The van der Waals surface area contributed by atoms with Crippen LogP contribution in [0.15, 0.2) is 12.2 Å². The minimum absolute atomic E-state index is 0.281. The molecule has 1 aliphatic heterocycles. The van der Waals surface area contributed by atoms with Crippen LogP contribution in [-0.2, 0) is 4.74 Å². The van der Waals surface area contributed by atoms with Gasteiger partial charge in [-0.15, -0.1) is 0 Å². The number of hydrogen-bond acceptors (Lipinski definition) is 2. The Bertz CT molecular complexity index is 185. The van der Waals surface area contributed by atoms with Crippen LogP contribution in [0.5, 0.6) is 0 Å². The van der Waals surface area contributed by atoms with Gasteiger partial charge in [0.05, 0.1) is 6.10 Å². The van der Waals surface area contributed by atoms with E-state index in [1.165, 1.54) is 24.8 Å². The van der Waals surface area contributed by atoms with Crippen LogP contribution in [0.4, 0.5) is 0 Å². The van der Waals surface area contributed by atoms with Crippen LogP contribution in [0, 0.1) is 0 Å². The monoisotopic (exact) mass is 211 g/mol. The first kappa shape index (κ1) is 12.7. The summed E-state index contributed by atoms with van der Waals surface area (Å²) in [6, 6.07) is 0.281. The highest BCUT2D eigenvalue weighted by atomic mass is 16.5. The number of ether oxygens (including phenoxy) is 1. The van der Waals surface area contributed by atoms with E-state index in [0.29, 0.717) is 6.10 Å². The molecule has 1 rings (SSSR count). The Hall–Kier alpha value is -0.340. The van der Waals surface area contributed by atoms with E-state index in [2.05, 4.69) is 13.5 Å². The van der Waals surface area contributed by atoms with E-state index in [0.717, 1.165) is 32.3 Å². The molecule has 0 radical (unpaired) electrons. The first-order chi connectivity index (χ1) is 7.22. The molecule has 1 fully saturated rings. The normalized spacial score (nSPS) is 23.7. The molecule has 2 unspecified atom stereocenters. The highest BCUT2D eigenvalue weighted by Crippen LogP contribution is 2.19. The second-order valence-corrected chi connectivity index (χ2v) is 4.63. The van der Waals surface area contributed by atoms with Gasteiger partial charge in [0, 0.05) is 12.6 Å². The average Bonchev–Trinajstić information content (AvgIpc) is 2.27. The molecular formula is C13H25NO. The van der Waals surface area contributed by atoms with Gasteiger partial charge in [-0.2, -0.15) is 0 Å². The lowest BCUT2D eigenvalue weighted by atomic mass is 9.98. The van der Waals surface area contributed by atoms with Crippen molar-refractivity contribution in [2.45, 2.75) is 64.0 Å². The zero-order chi connectivity index (χ0) is 11.1. The summed E-state index contributed by atoms with van der Waals surface area (Å²) in [5.74, 6) is 0. The van der Waals surface area contributed by atoms with Gasteiger partial charge < -0.3 is 10.5 Å². The summed E-state index contributed by atoms with van der Waals surface area (Å²) >= 11 is 0. The van der Waals surface area contributed by atoms with Crippen LogP contribution >= 0.6 is 0 Å². The van der Waals surface area contributed by atoms with E-state index >= 15 is 0 Å². The molecule has 2 N–H and O–H groups in total. The molecule has 0 aromatic heterocycles.